The Morgan fingerprint density at radius 3 is 2.69 bits per heavy atom. The fourth-order valence-electron chi connectivity index (χ4n) is 1.96. The van der Waals surface area contributed by atoms with Gasteiger partial charge in [-0.2, -0.15) is 0 Å². The Morgan fingerprint density at radius 2 is 2.23 bits per heavy atom. The van der Waals surface area contributed by atoms with Crippen molar-refractivity contribution < 1.29 is 14.7 Å². The second kappa shape index (κ2) is 3.73. The van der Waals surface area contributed by atoms with Gasteiger partial charge in [0.25, 0.3) is 0 Å². The van der Waals surface area contributed by atoms with Gasteiger partial charge in [0.2, 0.25) is 0 Å². The van der Waals surface area contributed by atoms with Crippen molar-refractivity contribution in [2.24, 2.45) is 11.8 Å². The van der Waals surface area contributed by atoms with Gasteiger partial charge < -0.3 is 5.11 Å². The van der Waals surface area contributed by atoms with E-state index in [4.69, 9.17) is 5.11 Å². The van der Waals surface area contributed by atoms with Crippen molar-refractivity contribution in [3.8, 4) is 0 Å². The molecule has 72 valence electrons. The third-order valence-corrected chi connectivity index (χ3v) is 2.76. The van der Waals surface area contributed by atoms with E-state index < -0.39 is 11.9 Å². The Kier molecular flexibility index (Phi) is 2.86. The van der Waals surface area contributed by atoms with Gasteiger partial charge in [-0.25, -0.2) is 0 Å². The van der Waals surface area contributed by atoms with Crippen molar-refractivity contribution in [1.82, 2.24) is 0 Å². The normalized spacial score (nSPS) is 31.5. The minimum Gasteiger partial charge on any atom is -0.481 e. The number of carbonyl (C=O) groups is 2. The minimum atomic E-state index is -0.804. The maximum atomic E-state index is 10.9. The van der Waals surface area contributed by atoms with Crippen molar-refractivity contribution in [3.63, 3.8) is 0 Å². The molecule has 1 aliphatic carbocycles. The second-order valence-corrected chi connectivity index (χ2v) is 3.66. The van der Waals surface area contributed by atoms with E-state index >= 15 is 0 Å². The van der Waals surface area contributed by atoms with E-state index in [1.165, 1.54) is 0 Å². The van der Waals surface area contributed by atoms with Crippen molar-refractivity contribution in [1.29, 1.82) is 0 Å². The van der Waals surface area contributed by atoms with E-state index in [9.17, 15) is 9.59 Å². The Labute approximate surface area is 77.4 Å². The highest BCUT2D eigenvalue weighted by atomic mass is 16.4. The number of carbonyl (C=O) groups excluding carboxylic acids is 1. The summed E-state index contributed by atoms with van der Waals surface area (Å²) in [5, 5.41) is 8.95. The highest BCUT2D eigenvalue weighted by Gasteiger charge is 2.34. The number of carboxylic acids is 1. The average Bonchev–Trinajstić information content (AvgIpc) is 2.45. The molecular formula is C10H14O3. The number of aliphatic carboxylic acids is 1. The highest BCUT2D eigenvalue weighted by molar-refractivity contribution is 5.80. The first-order valence-corrected chi connectivity index (χ1v) is 4.45. The maximum Gasteiger partial charge on any atom is 0.310 e. The van der Waals surface area contributed by atoms with Crippen LogP contribution in [0.1, 0.15) is 26.7 Å². The van der Waals surface area contributed by atoms with E-state index in [0.29, 0.717) is 5.57 Å². The molecule has 0 aromatic rings. The lowest BCUT2D eigenvalue weighted by atomic mass is 9.93. The van der Waals surface area contributed by atoms with Gasteiger partial charge in [0, 0.05) is 0 Å². The molecule has 13 heavy (non-hydrogen) atoms. The van der Waals surface area contributed by atoms with Gasteiger partial charge in [0.15, 0.2) is 0 Å². The zero-order valence-electron chi connectivity index (χ0n) is 7.91. The van der Waals surface area contributed by atoms with Crippen LogP contribution in [-0.2, 0) is 9.59 Å². The molecule has 0 aromatic heterocycles. The number of carboxylic acid groups (broad SMARTS) is 1. The topological polar surface area (TPSA) is 54.4 Å². The summed E-state index contributed by atoms with van der Waals surface area (Å²) >= 11 is 0. The monoisotopic (exact) mass is 182 g/mol. The van der Waals surface area contributed by atoms with Crippen LogP contribution in [0.5, 0.6) is 0 Å². The van der Waals surface area contributed by atoms with Gasteiger partial charge in [0.05, 0.1) is 5.92 Å². The third-order valence-electron chi connectivity index (χ3n) is 2.76. The molecule has 0 heterocycles. The molecule has 0 radical (unpaired) electrons. The second-order valence-electron chi connectivity index (χ2n) is 3.66. The zero-order valence-corrected chi connectivity index (χ0v) is 7.91. The van der Waals surface area contributed by atoms with Gasteiger partial charge in [0.1, 0.15) is 6.29 Å². The van der Waals surface area contributed by atoms with Crippen LogP contribution >= 0.6 is 0 Å². The lowest BCUT2D eigenvalue weighted by Gasteiger charge is -2.12. The standard InChI is InChI=1S/C10H14O3/c1-6-3-4-8(7(2)5-11)9(6)10(12)13/h5-6,9H,3-4H2,1-2H3,(H,12,13)/b8-7+. The molecule has 0 saturated heterocycles. The Bertz CT molecular complexity index is 265. The first kappa shape index (κ1) is 9.96. The lowest BCUT2D eigenvalue weighted by Crippen LogP contribution is -2.18. The molecule has 3 nitrogen and oxygen atoms in total. The fourth-order valence-corrected chi connectivity index (χ4v) is 1.96. The summed E-state index contributed by atoms with van der Waals surface area (Å²) in [5.41, 5.74) is 1.41. The van der Waals surface area contributed by atoms with Crippen molar-refractivity contribution in [3.05, 3.63) is 11.1 Å². The minimum absolute atomic E-state index is 0.155. The third kappa shape index (κ3) is 1.79. The number of rotatable bonds is 2. The predicted molar refractivity (Wildman–Crippen MR) is 48.3 cm³/mol. The molecule has 1 rings (SSSR count). The summed E-state index contributed by atoms with van der Waals surface area (Å²) in [6.45, 7) is 3.61. The van der Waals surface area contributed by atoms with Crippen LogP contribution in [-0.4, -0.2) is 17.4 Å². The summed E-state index contributed by atoms with van der Waals surface area (Å²) < 4.78 is 0. The Hall–Kier alpha value is -1.12. The summed E-state index contributed by atoms with van der Waals surface area (Å²) in [5.74, 6) is -1.09. The van der Waals surface area contributed by atoms with Crippen LogP contribution in [0.2, 0.25) is 0 Å². The van der Waals surface area contributed by atoms with Crippen molar-refractivity contribution >= 4 is 12.3 Å². The molecule has 2 atom stereocenters. The van der Waals surface area contributed by atoms with Gasteiger partial charge in [-0.1, -0.05) is 6.92 Å². The molecule has 1 fully saturated rings. The fraction of sp³-hybridized carbons (Fsp3) is 0.600. The Morgan fingerprint density at radius 1 is 1.62 bits per heavy atom. The van der Waals surface area contributed by atoms with Crippen molar-refractivity contribution in [2.75, 3.05) is 0 Å². The molecule has 1 aliphatic rings. The SMILES string of the molecule is C/C(C=O)=C1/CCC(C)C1C(=O)O. The largest absolute Gasteiger partial charge is 0.481 e. The number of aldehydes is 1. The molecule has 1 saturated carbocycles. The van der Waals surface area contributed by atoms with Gasteiger partial charge >= 0.3 is 5.97 Å². The van der Waals surface area contributed by atoms with E-state index in [1.54, 1.807) is 6.92 Å². The van der Waals surface area contributed by atoms with E-state index in [2.05, 4.69) is 0 Å². The van der Waals surface area contributed by atoms with E-state index in [1.807, 2.05) is 6.92 Å². The number of allylic oxidation sites excluding steroid dienone is 1. The predicted octanol–water partition coefficient (Wildman–Crippen LogP) is 1.63. The van der Waals surface area contributed by atoms with Crippen molar-refractivity contribution in [2.45, 2.75) is 26.7 Å². The molecule has 3 heteroatoms. The van der Waals surface area contributed by atoms with E-state index in [0.717, 1.165) is 24.7 Å². The quantitative estimate of drug-likeness (QED) is 0.521. The average molecular weight is 182 g/mol. The highest BCUT2D eigenvalue weighted by Crippen LogP contribution is 2.37. The van der Waals surface area contributed by atoms with E-state index in [-0.39, 0.29) is 5.92 Å². The van der Waals surface area contributed by atoms with Gasteiger partial charge in [-0.15, -0.1) is 0 Å². The molecule has 2 unspecified atom stereocenters. The van der Waals surface area contributed by atoms with Crippen LogP contribution in [0, 0.1) is 11.8 Å². The summed E-state index contributed by atoms with van der Waals surface area (Å²) in [7, 11) is 0. The molecular weight excluding hydrogens is 168 g/mol. The molecule has 0 bridgehead atoms. The van der Waals surface area contributed by atoms with Crippen LogP contribution in [0.3, 0.4) is 0 Å². The van der Waals surface area contributed by atoms with Gasteiger partial charge in [-0.05, 0) is 36.8 Å². The lowest BCUT2D eigenvalue weighted by molar-refractivity contribution is -0.141. The summed E-state index contributed by atoms with van der Waals surface area (Å²) in [6, 6.07) is 0. The smallest absolute Gasteiger partial charge is 0.310 e. The zero-order chi connectivity index (χ0) is 10.0. The summed E-state index contributed by atoms with van der Waals surface area (Å²) in [6.07, 6.45) is 2.38. The van der Waals surface area contributed by atoms with Crippen LogP contribution in [0.15, 0.2) is 11.1 Å². The first-order valence-electron chi connectivity index (χ1n) is 4.45. The molecule has 0 aliphatic heterocycles. The first-order chi connectivity index (χ1) is 6.07. The summed E-state index contributed by atoms with van der Waals surface area (Å²) in [4.78, 5) is 21.4. The van der Waals surface area contributed by atoms with Crippen LogP contribution in [0.25, 0.3) is 0 Å². The number of hydrogen-bond acceptors (Lipinski definition) is 2. The maximum absolute atomic E-state index is 10.9. The molecule has 1 N–H and O–H groups in total. The Balaban J connectivity index is 3.00. The molecule has 0 spiro atoms. The van der Waals surface area contributed by atoms with Crippen LogP contribution in [0.4, 0.5) is 0 Å². The molecule has 0 amide bonds. The number of hydrogen-bond donors (Lipinski definition) is 1. The van der Waals surface area contributed by atoms with Gasteiger partial charge in [-0.3, -0.25) is 9.59 Å². The molecule has 0 aromatic carbocycles. The van der Waals surface area contributed by atoms with Crippen LogP contribution < -0.4 is 0 Å².